The second-order valence-electron chi connectivity index (χ2n) is 6.10. The Morgan fingerprint density at radius 3 is 2.26 bits per heavy atom. The summed E-state index contributed by atoms with van der Waals surface area (Å²) in [5, 5.41) is 3.10. The Labute approximate surface area is 137 Å². The van der Waals surface area contributed by atoms with Crippen molar-refractivity contribution in [1.82, 2.24) is 10.2 Å². The van der Waals surface area contributed by atoms with E-state index in [1.807, 2.05) is 13.8 Å². The molecule has 1 fully saturated rings. The molecule has 1 aliphatic rings. The number of hydrogen-bond acceptors (Lipinski definition) is 2. The maximum Gasteiger partial charge on any atom is 0.253 e. The maximum atomic E-state index is 12.9. The molecule has 1 aromatic rings. The normalized spacial score (nSPS) is 15.7. The topological polar surface area (TPSA) is 49.4 Å². The fourth-order valence-corrected chi connectivity index (χ4v) is 2.98. The highest BCUT2D eigenvalue weighted by molar-refractivity contribution is 5.94. The number of carbonyl (C=O) groups excluding carboxylic acids is 2. The van der Waals surface area contributed by atoms with E-state index in [2.05, 4.69) is 5.32 Å². The average Bonchev–Trinajstić information content (AvgIpc) is 2.57. The van der Waals surface area contributed by atoms with E-state index in [1.54, 1.807) is 4.90 Å². The number of halogens is 1. The van der Waals surface area contributed by atoms with E-state index in [-0.39, 0.29) is 29.6 Å². The van der Waals surface area contributed by atoms with Gasteiger partial charge in [-0.05, 0) is 49.9 Å². The third-order valence-electron chi connectivity index (χ3n) is 4.58. The van der Waals surface area contributed by atoms with Crippen LogP contribution in [0.5, 0.6) is 0 Å². The number of rotatable bonds is 5. The lowest BCUT2D eigenvalue weighted by molar-refractivity contribution is -0.126. The van der Waals surface area contributed by atoms with E-state index in [9.17, 15) is 14.0 Å². The van der Waals surface area contributed by atoms with Gasteiger partial charge in [0.2, 0.25) is 5.91 Å². The molecule has 0 aromatic heterocycles. The van der Waals surface area contributed by atoms with Gasteiger partial charge in [-0.3, -0.25) is 9.59 Å². The first kappa shape index (κ1) is 17.4. The Morgan fingerprint density at radius 2 is 1.74 bits per heavy atom. The van der Waals surface area contributed by atoms with Crippen molar-refractivity contribution in [1.29, 1.82) is 0 Å². The van der Waals surface area contributed by atoms with Gasteiger partial charge >= 0.3 is 0 Å². The smallest absolute Gasteiger partial charge is 0.253 e. The first-order valence-corrected chi connectivity index (χ1v) is 8.40. The molecular formula is C18H25FN2O2. The Hall–Kier alpha value is -1.91. The molecule has 4 nitrogen and oxygen atoms in total. The van der Waals surface area contributed by atoms with Crippen LogP contribution in [0, 0.1) is 11.7 Å². The number of likely N-dealkylation sites (tertiary alicyclic amines) is 1. The van der Waals surface area contributed by atoms with Crippen molar-refractivity contribution in [2.45, 2.75) is 45.6 Å². The standard InChI is InChI=1S/C18H25FN2O2/c1-3-13(4-2)17(22)20-16-9-11-21(12-10-16)18(23)14-5-7-15(19)8-6-14/h5-8,13,16H,3-4,9-12H2,1-2H3,(H,20,22). The van der Waals surface area contributed by atoms with Crippen LogP contribution in [-0.2, 0) is 4.79 Å². The molecular weight excluding hydrogens is 295 g/mol. The number of nitrogens with zero attached hydrogens (tertiary/aromatic N) is 1. The third kappa shape index (κ3) is 4.53. The molecule has 0 radical (unpaired) electrons. The number of carbonyl (C=O) groups is 2. The molecule has 0 saturated carbocycles. The molecule has 2 rings (SSSR count). The lowest BCUT2D eigenvalue weighted by Gasteiger charge is -2.33. The lowest BCUT2D eigenvalue weighted by atomic mass is 9.99. The van der Waals surface area contributed by atoms with Gasteiger partial charge in [0.05, 0.1) is 0 Å². The van der Waals surface area contributed by atoms with Crippen LogP contribution in [0.25, 0.3) is 0 Å². The highest BCUT2D eigenvalue weighted by atomic mass is 19.1. The zero-order valence-corrected chi connectivity index (χ0v) is 13.8. The molecule has 5 heteroatoms. The van der Waals surface area contributed by atoms with Crippen molar-refractivity contribution in [2.75, 3.05) is 13.1 Å². The zero-order chi connectivity index (χ0) is 16.8. The quantitative estimate of drug-likeness (QED) is 0.907. The van der Waals surface area contributed by atoms with Gasteiger partial charge in [0.25, 0.3) is 5.91 Å². The molecule has 0 spiro atoms. The van der Waals surface area contributed by atoms with Crippen LogP contribution in [0.15, 0.2) is 24.3 Å². The lowest BCUT2D eigenvalue weighted by Crippen LogP contribution is -2.47. The fourth-order valence-electron chi connectivity index (χ4n) is 2.98. The van der Waals surface area contributed by atoms with Gasteiger partial charge in [0.1, 0.15) is 5.82 Å². The molecule has 0 bridgehead atoms. The van der Waals surface area contributed by atoms with Crippen molar-refractivity contribution in [3.05, 3.63) is 35.6 Å². The highest BCUT2D eigenvalue weighted by Crippen LogP contribution is 2.16. The molecule has 1 saturated heterocycles. The Morgan fingerprint density at radius 1 is 1.17 bits per heavy atom. The Balaban J connectivity index is 1.85. The minimum Gasteiger partial charge on any atom is -0.353 e. The summed E-state index contributed by atoms with van der Waals surface area (Å²) in [7, 11) is 0. The molecule has 0 unspecified atom stereocenters. The minimum atomic E-state index is -0.343. The van der Waals surface area contributed by atoms with E-state index in [0.29, 0.717) is 18.7 Å². The molecule has 1 aliphatic heterocycles. The van der Waals surface area contributed by atoms with Crippen molar-refractivity contribution >= 4 is 11.8 Å². The summed E-state index contributed by atoms with van der Waals surface area (Å²) in [6, 6.07) is 5.77. The van der Waals surface area contributed by atoms with Gasteiger partial charge in [-0.2, -0.15) is 0 Å². The first-order valence-electron chi connectivity index (χ1n) is 8.40. The van der Waals surface area contributed by atoms with Crippen LogP contribution in [0.3, 0.4) is 0 Å². The minimum absolute atomic E-state index is 0.0743. The van der Waals surface area contributed by atoms with Crippen molar-refractivity contribution in [3.8, 4) is 0 Å². The number of benzene rings is 1. The molecule has 1 N–H and O–H groups in total. The Bertz CT molecular complexity index is 532. The van der Waals surface area contributed by atoms with E-state index in [1.165, 1.54) is 24.3 Å². The summed E-state index contributed by atoms with van der Waals surface area (Å²) in [6.45, 7) is 5.28. The zero-order valence-electron chi connectivity index (χ0n) is 13.8. The van der Waals surface area contributed by atoms with Crippen LogP contribution < -0.4 is 5.32 Å². The maximum absolute atomic E-state index is 12.9. The number of hydrogen-bond donors (Lipinski definition) is 1. The van der Waals surface area contributed by atoms with Crippen LogP contribution in [-0.4, -0.2) is 35.8 Å². The van der Waals surface area contributed by atoms with Crippen molar-refractivity contribution in [2.24, 2.45) is 5.92 Å². The van der Waals surface area contributed by atoms with E-state index < -0.39 is 0 Å². The van der Waals surface area contributed by atoms with Crippen molar-refractivity contribution in [3.63, 3.8) is 0 Å². The van der Waals surface area contributed by atoms with Gasteiger partial charge < -0.3 is 10.2 Å². The monoisotopic (exact) mass is 320 g/mol. The van der Waals surface area contributed by atoms with Gasteiger partial charge in [0, 0.05) is 30.6 Å². The molecule has 2 amide bonds. The largest absolute Gasteiger partial charge is 0.353 e. The second-order valence-corrected chi connectivity index (χ2v) is 6.10. The van der Waals surface area contributed by atoms with Gasteiger partial charge in [-0.25, -0.2) is 4.39 Å². The fraction of sp³-hybridized carbons (Fsp3) is 0.556. The van der Waals surface area contributed by atoms with Gasteiger partial charge in [-0.15, -0.1) is 0 Å². The SMILES string of the molecule is CCC(CC)C(=O)NC1CCN(C(=O)c2ccc(F)cc2)CC1. The van der Waals surface area contributed by atoms with Gasteiger partial charge in [-0.1, -0.05) is 13.8 Å². The molecule has 126 valence electrons. The summed E-state index contributed by atoms with van der Waals surface area (Å²) in [5.74, 6) is -0.216. The third-order valence-corrected chi connectivity index (χ3v) is 4.58. The summed E-state index contributed by atoms with van der Waals surface area (Å²) in [4.78, 5) is 26.2. The average molecular weight is 320 g/mol. The van der Waals surface area contributed by atoms with E-state index in [0.717, 1.165) is 25.7 Å². The molecule has 1 heterocycles. The van der Waals surface area contributed by atoms with Crippen LogP contribution in [0.4, 0.5) is 4.39 Å². The number of nitrogens with one attached hydrogen (secondary N) is 1. The number of amides is 2. The number of piperidine rings is 1. The van der Waals surface area contributed by atoms with Crippen molar-refractivity contribution < 1.29 is 14.0 Å². The second kappa shape index (κ2) is 8.09. The molecule has 0 aliphatic carbocycles. The molecule has 1 aromatic carbocycles. The van der Waals surface area contributed by atoms with E-state index in [4.69, 9.17) is 0 Å². The van der Waals surface area contributed by atoms with Crippen LogP contribution in [0.2, 0.25) is 0 Å². The van der Waals surface area contributed by atoms with Gasteiger partial charge in [0.15, 0.2) is 0 Å². The summed E-state index contributed by atoms with van der Waals surface area (Å²) < 4.78 is 12.9. The molecule has 23 heavy (non-hydrogen) atoms. The molecule has 0 atom stereocenters. The van der Waals surface area contributed by atoms with Crippen LogP contribution >= 0.6 is 0 Å². The summed E-state index contributed by atoms with van der Waals surface area (Å²) >= 11 is 0. The highest BCUT2D eigenvalue weighted by Gasteiger charge is 2.26. The first-order chi connectivity index (χ1) is 11.0. The van der Waals surface area contributed by atoms with Crippen LogP contribution in [0.1, 0.15) is 49.9 Å². The summed E-state index contributed by atoms with van der Waals surface area (Å²) in [6.07, 6.45) is 3.23. The predicted molar refractivity (Wildman–Crippen MR) is 87.5 cm³/mol. The van der Waals surface area contributed by atoms with E-state index >= 15 is 0 Å². The predicted octanol–water partition coefficient (Wildman–Crippen LogP) is 2.98. The summed E-state index contributed by atoms with van der Waals surface area (Å²) in [5.41, 5.74) is 0.505. The Kier molecular flexibility index (Phi) is 6.13.